The van der Waals surface area contributed by atoms with Gasteiger partial charge in [0, 0.05) is 61.2 Å². The van der Waals surface area contributed by atoms with Gasteiger partial charge < -0.3 is 15.4 Å². The molecular formula is C32H34ClN7O3S. The molecule has 0 spiro atoms. The summed E-state index contributed by atoms with van der Waals surface area (Å²) in [7, 11) is 0. The molecule has 2 fully saturated rings. The molecule has 0 radical (unpaired) electrons. The molecule has 228 valence electrons. The Balaban J connectivity index is 1.15. The Morgan fingerprint density at radius 1 is 1.09 bits per heavy atom. The number of pyridine rings is 1. The number of hydrogen-bond donors (Lipinski definition) is 2. The number of nitrogens with one attached hydrogen (secondary N) is 2. The number of morpholine rings is 1. The minimum absolute atomic E-state index is 0.114. The molecule has 2 aliphatic carbocycles. The van der Waals surface area contributed by atoms with E-state index in [4.69, 9.17) is 26.4 Å². The normalized spacial score (nSPS) is 20.0. The number of rotatable bonds is 6. The molecule has 4 aromatic rings. The van der Waals surface area contributed by atoms with Crippen LogP contribution in [0.2, 0.25) is 5.02 Å². The molecule has 10 nitrogen and oxygen atoms in total. The van der Waals surface area contributed by atoms with Crippen LogP contribution in [-0.4, -0.2) is 74.8 Å². The molecule has 4 heterocycles. The van der Waals surface area contributed by atoms with Crippen molar-refractivity contribution in [3.05, 3.63) is 64.6 Å². The van der Waals surface area contributed by atoms with E-state index in [1.165, 1.54) is 18.3 Å². The summed E-state index contributed by atoms with van der Waals surface area (Å²) in [6, 6.07) is 10.0. The second-order valence-electron chi connectivity index (χ2n) is 11.6. The molecule has 1 saturated heterocycles. The molecule has 0 unspecified atom stereocenters. The summed E-state index contributed by atoms with van der Waals surface area (Å²) in [4.78, 5) is 37.6. The molecule has 1 aliphatic heterocycles. The van der Waals surface area contributed by atoms with Crippen LogP contribution in [0.4, 0.5) is 5.13 Å². The molecule has 3 aromatic heterocycles. The molecule has 2 amide bonds. The number of benzene rings is 1. The largest absolute Gasteiger partial charge is 0.379 e. The van der Waals surface area contributed by atoms with E-state index in [2.05, 4.69) is 20.5 Å². The highest BCUT2D eigenvalue weighted by atomic mass is 35.5. The molecule has 7 rings (SSSR count). The molecule has 3 aliphatic rings. The van der Waals surface area contributed by atoms with Crippen molar-refractivity contribution in [2.75, 3.05) is 31.6 Å². The Morgan fingerprint density at radius 2 is 1.91 bits per heavy atom. The van der Waals surface area contributed by atoms with Crippen molar-refractivity contribution in [3.8, 4) is 27.5 Å². The van der Waals surface area contributed by atoms with Crippen molar-refractivity contribution in [1.29, 1.82) is 0 Å². The Kier molecular flexibility index (Phi) is 8.19. The standard InChI is InChI=1S/C32H34ClN7O3S/c1-19(41)35-32-37-26-10-9-24-28(21-3-2-12-34-18-21)38-40(29(24)30(26)44-32)27-11-4-20(17-25(27)33)31(42)36-22-5-7-23(8-6-22)39-13-15-43-16-14-39/h2-4,11-12,17-18,22-23H,5-10,13-16H2,1H3,(H,36,42)(H,35,37,41)/t22-,23-. The van der Waals surface area contributed by atoms with Gasteiger partial charge in [-0.1, -0.05) is 22.9 Å². The average molecular weight is 632 g/mol. The number of hydrogen-bond acceptors (Lipinski definition) is 8. The lowest BCUT2D eigenvalue weighted by Gasteiger charge is -2.38. The Labute approximate surface area is 264 Å². The number of nitrogens with zero attached hydrogens (tertiary/aromatic N) is 5. The second-order valence-corrected chi connectivity index (χ2v) is 13.0. The lowest BCUT2D eigenvalue weighted by atomic mass is 9.89. The number of aryl methyl sites for hydroxylation is 1. The zero-order valence-corrected chi connectivity index (χ0v) is 26.1. The van der Waals surface area contributed by atoms with Gasteiger partial charge in [0.05, 0.1) is 45.9 Å². The smallest absolute Gasteiger partial charge is 0.251 e. The third-order valence-electron chi connectivity index (χ3n) is 8.76. The topological polar surface area (TPSA) is 114 Å². The molecule has 44 heavy (non-hydrogen) atoms. The van der Waals surface area contributed by atoms with Crippen molar-refractivity contribution in [2.24, 2.45) is 0 Å². The van der Waals surface area contributed by atoms with E-state index < -0.39 is 0 Å². The number of carbonyl (C=O) groups is 2. The molecule has 0 atom stereocenters. The number of amides is 2. The summed E-state index contributed by atoms with van der Waals surface area (Å²) >= 11 is 8.35. The van der Waals surface area contributed by atoms with Gasteiger partial charge in [-0.15, -0.1) is 0 Å². The van der Waals surface area contributed by atoms with Gasteiger partial charge >= 0.3 is 0 Å². The first kappa shape index (κ1) is 29.1. The van der Waals surface area contributed by atoms with Crippen LogP contribution in [0.3, 0.4) is 0 Å². The van der Waals surface area contributed by atoms with Crippen LogP contribution in [0, 0.1) is 0 Å². The minimum atomic E-state index is -0.164. The fourth-order valence-electron chi connectivity index (χ4n) is 6.60. The van der Waals surface area contributed by atoms with Gasteiger partial charge in [-0.25, -0.2) is 9.67 Å². The van der Waals surface area contributed by atoms with Gasteiger partial charge in [-0.3, -0.25) is 19.5 Å². The lowest BCUT2D eigenvalue weighted by Crippen LogP contribution is -2.47. The second kappa shape index (κ2) is 12.4. The predicted molar refractivity (Wildman–Crippen MR) is 171 cm³/mol. The summed E-state index contributed by atoms with van der Waals surface area (Å²) < 4.78 is 7.35. The van der Waals surface area contributed by atoms with Crippen molar-refractivity contribution in [1.82, 2.24) is 30.0 Å². The zero-order valence-electron chi connectivity index (χ0n) is 24.5. The summed E-state index contributed by atoms with van der Waals surface area (Å²) in [5.74, 6) is -0.278. The lowest BCUT2D eigenvalue weighted by molar-refractivity contribution is -0.114. The summed E-state index contributed by atoms with van der Waals surface area (Å²) in [6.45, 7) is 5.09. The Morgan fingerprint density at radius 3 is 2.64 bits per heavy atom. The van der Waals surface area contributed by atoms with Crippen molar-refractivity contribution < 1.29 is 14.3 Å². The average Bonchev–Trinajstić information content (AvgIpc) is 3.63. The van der Waals surface area contributed by atoms with Gasteiger partial charge in [0.15, 0.2) is 5.13 Å². The van der Waals surface area contributed by atoms with Gasteiger partial charge in [-0.2, -0.15) is 5.10 Å². The number of ether oxygens (including phenoxy) is 1. The SMILES string of the molecule is CC(=O)Nc1nc2c(s1)-c1c(c(-c3cccnc3)nn1-c1ccc(C(=O)N[C@H]3CC[C@H](N4CCOCC4)CC3)cc1Cl)CC2. The number of halogens is 1. The highest BCUT2D eigenvalue weighted by Crippen LogP contribution is 2.44. The number of fused-ring (bicyclic) bond motifs is 3. The van der Waals surface area contributed by atoms with Crippen LogP contribution in [0.1, 0.15) is 54.2 Å². The van der Waals surface area contributed by atoms with E-state index in [1.54, 1.807) is 18.5 Å². The number of carbonyl (C=O) groups excluding carboxylic acids is 2. The predicted octanol–water partition coefficient (Wildman–Crippen LogP) is 5.14. The third kappa shape index (κ3) is 5.77. The first-order chi connectivity index (χ1) is 21.4. The number of anilines is 1. The van der Waals surface area contributed by atoms with Crippen molar-refractivity contribution in [2.45, 2.75) is 57.5 Å². The van der Waals surface area contributed by atoms with Gasteiger partial charge in [0.1, 0.15) is 0 Å². The maximum Gasteiger partial charge on any atom is 0.251 e. The van der Waals surface area contributed by atoms with E-state index in [-0.39, 0.29) is 17.9 Å². The first-order valence-electron chi connectivity index (χ1n) is 15.2. The third-order valence-corrected chi connectivity index (χ3v) is 10.1. The number of aromatic nitrogens is 4. The van der Waals surface area contributed by atoms with Crippen LogP contribution in [0.25, 0.3) is 27.5 Å². The Hall–Kier alpha value is -3.64. The van der Waals surface area contributed by atoms with Crippen LogP contribution < -0.4 is 10.6 Å². The first-order valence-corrected chi connectivity index (χ1v) is 16.4. The molecule has 1 saturated carbocycles. The maximum absolute atomic E-state index is 13.3. The summed E-state index contributed by atoms with van der Waals surface area (Å²) in [5.41, 5.74) is 5.83. The van der Waals surface area contributed by atoms with E-state index in [1.807, 2.05) is 28.9 Å². The fourth-order valence-corrected chi connectivity index (χ4v) is 7.98. The quantitative estimate of drug-likeness (QED) is 0.303. The van der Waals surface area contributed by atoms with Crippen LogP contribution in [-0.2, 0) is 22.4 Å². The van der Waals surface area contributed by atoms with E-state index in [0.29, 0.717) is 27.4 Å². The minimum Gasteiger partial charge on any atom is -0.379 e. The zero-order chi connectivity index (χ0) is 30.2. The molecule has 0 bridgehead atoms. The highest BCUT2D eigenvalue weighted by Gasteiger charge is 2.31. The van der Waals surface area contributed by atoms with Crippen LogP contribution in [0.15, 0.2) is 42.7 Å². The van der Waals surface area contributed by atoms with Crippen molar-refractivity contribution in [3.63, 3.8) is 0 Å². The van der Waals surface area contributed by atoms with E-state index in [0.717, 1.165) is 97.9 Å². The molecule has 2 N–H and O–H groups in total. The van der Waals surface area contributed by atoms with Crippen molar-refractivity contribution >= 4 is 39.9 Å². The highest BCUT2D eigenvalue weighted by molar-refractivity contribution is 7.19. The van der Waals surface area contributed by atoms with Gasteiger partial charge in [0.25, 0.3) is 5.91 Å². The summed E-state index contributed by atoms with van der Waals surface area (Å²) in [5, 5.41) is 12.1. The number of thiazole rings is 1. The molecular weight excluding hydrogens is 598 g/mol. The van der Waals surface area contributed by atoms with E-state index >= 15 is 0 Å². The summed E-state index contributed by atoms with van der Waals surface area (Å²) in [6.07, 6.45) is 9.11. The molecule has 1 aromatic carbocycles. The van der Waals surface area contributed by atoms with Crippen LogP contribution >= 0.6 is 22.9 Å². The fraction of sp³-hybridized carbons (Fsp3) is 0.406. The van der Waals surface area contributed by atoms with Gasteiger partial charge in [-0.05, 0) is 68.9 Å². The Bertz CT molecular complexity index is 1690. The van der Waals surface area contributed by atoms with Gasteiger partial charge in [0.2, 0.25) is 5.91 Å². The monoisotopic (exact) mass is 631 g/mol. The molecule has 12 heteroatoms. The van der Waals surface area contributed by atoms with Crippen LogP contribution in [0.5, 0.6) is 0 Å². The van der Waals surface area contributed by atoms with E-state index in [9.17, 15) is 9.59 Å². The maximum atomic E-state index is 13.3.